The van der Waals surface area contributed by atoms with Gasteiger partial charge in [-0.3, -0.25) is 10.1 Å². The topological polar surface area (TPSA) is 139 Å². The zero-order valence-corrected chi connectivity index (χ0v) is 14.5. The molecule has 9 nitrogen and oxygen atoms in total. The molecule has 1 aromatic rings. The summed E-state index contributed by atoms with van der Waals surface area (Å²) in [6.07, 6.45) is -0.791. The Labute approximate surface area is 144 Å². The van der Waals surface area contributed by atoms with Crippen molar-refractivity contribution in [2.75, 3.05) is 0 Å². The molecule has 0 radical (unpaired) electrons. The van der Waals surface area contributed by atoms with Gasteiger partial charge in [-0.2, -0.15) is 0 Å². The monoisotopic (exact) mass is 354 g/mol. The van der Waals surface area contributed by atoms with E-state index in [1.54, 1.807) is 27.7 Å². The number of alkyl carbamates (subject to hydrolysis) is 1. The standard InChI is InChI=1S/C16H22N2O7/c1-5-9-6-10(13(19)12(7-9)18(23)24)8-11(14(20)21)17-15(22)25-16(2,3)4/h6-7,11,19H,5,8H2,1-4H3,(H,17,22)(H,20,21). The number of rotatable bonds is 6. The second kappa shape index (κ2) is 7.82. The summed E-state index contributed by atoms with van der Waals surface area (Å²) < 4.78 is 5.01. The molecule has 25 heavy (non-hydrogen) atoms. The van der Waals surface area contributed by atoms with Gasteiger partial charge in [0, 0.05) is 18.1 Å². The third kappa shape index (κ3) is 5.94. The molecule has 1 unspecified atom stereocenters. The van der Waals surface area contributed by atoms with Crippen LogP contribution in [0.25, 0.3) is 0 Å². The number of phenols is 1. The third-order valence-electron chi connectivity index (χ3n) is 3.25. The summed E-state index contributed by atoms with van der Waals surface area (Å²) in [5.41, 5.74) is -0.679. The van der Waals surface area contributed by atoms with E-state index in [2.05, 4.69) is 5.32 Å². The maximum Gasteiger partial charge on any atom is 0.408 e. The lowest BCUT2D eigenvalue weighted by molar-refractivity contribution is -0.386. The van der Waals surface area contributed by atoms with Crippen LogP contribution in [0.5, 0.6) is 5.75 Å². The molecule has 0 aliphatic carbocycles. The molecule has 0 bridgehead atoms. The fourth-order valence-corrected chi connectivity index (χ4v) is 2.11. The molecule has 0 aliphatic rings. The summed E-state index contributed by atoms with van der Waals surface area (Å²) in [7, 11) is 0. The summed E-state index contributed by atoms with van der Waals surface area (Å²) in [6, 6.07) is 1.30. The lowest BCUT2D eigenvalue weighted by Crippen LogP contribution is -2.44. The van der Waals surface area contributed by atoms with Crippen molar-refractivity contribution in [2.45, 2.75) is 52.2 Å². The van der Waals surface area contributed by atoms with Crippen molar-refractivity contribution in [3.8, 4) is 5.75 Å². The van der Waals surface area contributed by atoms with Gasteiger partial charge >= 0.3 is 17.7 Å². The van der Waals surface area contributed by atoms with E-state index in [1.165, 1.54) is 12.1 Å². The van der Waals surface area contributed by atoms with Crippen molar-refractivity contribution in [2.24, 2.45) is 0 Å². The van der Waals surface area contributed by atoms with Crippen molar-refractivity contribution in [3.63, 3.8) is 0 Å². The predicted molar refractivity (Wildman–Crippen MR) is 88.6 cm³/mol. The first-order chi connectivity index (χ1) is 11.4. The number of hydrogen-bond donors (Lipinski definition) is 3. The van der Waals surface area contributed by atoms with Crippen LogP contribution in [0.15, 0.2) is 12.1 Å². The van der Waals surface area contributed by atoms with E-state index in [9.17, 15) is 29.9 Å². The van der Waals surface area contributed by atoms with E-state index >= 15 is 0 Å². The Morgan fingerprint density at radius 1 is 1.36 bits per heavy atom. The number of nitro groups is 1. The number of phenolic OH excluding ortho intramolecular Hbond substituents is 1. The number of nitrogens with zero attached hydrogens (tertiary/aromatic N) is 1. The number of amides is 1. The molecular formula is C16H22N2O7. The highest BCUT2D eigenvalue weighted by atomic mass is 16.6. The van der Waals surface area contributed by atoms with Crippen molar-refractivity contribution in [1.29, 1.82) is 0 Å². The normalized spacial score (nSPS) is 12.3. The third-order valence-corrected chi connectivity index (χ3v) is 3.25. The minimum absolute atomic E-state index is 0.0644. The first-order valence-corrected chi connectivity index (χ1v) is 7.66. The number of aromatic hydroxyl groups is 1. The molecule has 1 atom stereocenters. The number of carboxylic acids is 1. The van der Waals surface area contributed by atoms with E-state index in [4.69, 9.17) is 4.74 Å². The second-order valence-corrected chi connectivity index (χ2v) is 6.47. The Bertz CT molecular complexity index is 680. The highest BCUT2D eigenvalue weighted by molar-refractivity contribution is 5.80. The van der Waals surface area contributed by atoms with Crippen LogP contribution in [0.1, 0.15) is 38.8 Å². The van der Waals surface area contributed by atoms with Gasteiger partial charge in [0.25, 0.3) is 0 Å². The van der Waals surface area contributed by atoms with Gasteiger partial charge in [-0.05, 0) is 32.8 Å². The highest BCUT2D eigenvalue weighted by Crippen LogP contribution is 2.32. The molecule has 0 saturated heterocycles. The average Bonchev–Trinajstić information content (AvgIpc) is 2.45. The van der Waals surface area contributed by atoms with Crippen LogP contribution < -0.4 is 5.32 Å². The maximum atomic E-state index is 11.8. The molecule has 1 aromatic carbocycles. The lowest BCUT2D eigenvalue weighted by Gasteiger charge is -2.22. The second-order valence-electron chi connectivity index (χ2n) is 6.47. The van der Waals surface area contributed by atoms with E-state index < -0.39 is 40.1 Å². The van der Waals surface area contributed by atoms with Crippen LogP contribution in [-0.2, 0) is 22.4 Å². The van der Waals surface area contributed by atoms with Crippen LogP contribution in [0, 0.1) is 10.1 Å². The number of carbonyl (C=O) groups excluding carboxylic acids is 1. The van der Waals surface area contributed by atoms with E-state index in [-0.39, 0.29) is 12.0 Å². The Kier molecular flexibility index (Phi) is 6.32. The molecule has 0 aliphatic heterocycles. The zero-order chi connectivity index (χ0) is 19.4. The number of benzene rings is 1. The van der Waals surface area contributed by atoms with Crippen molar-refractivity contribution < 1.29 is 29.5 Å². The number of hydrogen-bond acceptors (Lipinski definition) is 6. The summed E-state index contributed by atoms with van der Waals surface area (Å²) in [4.78, 5) is 33.5. The van der Waals surface area contributed by atoms with Gasteiger partial charge in [0.2, 0.25) is 0 Å². The molecule has 0 heterocycles. The minimum atomic E-state index is -1.41. The summed E-state index contributed by atoms with van der Waals surface area (Å²) in [5, 5.41) is 32.6. The van der Waals surface area contributed by atoms with Crippen LogP contribution in [0.4, 0.5) is 10.5 Å². The minimum Gasteiger partial charge on any atom is -0.502 e. The van der Waals surface area contributed by atoms with E-state index in [0.29, 0.717) is 12.0 Å². The average molecular weight is 354 g/mol. The van der Waals surface area contributed by atoms with Crippen LogP contribution in [-0.4, -0.2) is 38.8 Å². The SMILES string of the molecule is CCc1cc(CC(NC(=O)OC(C)(C)C)C(=O)O)c(O)c([N+](=O)[O-])c1. The summed E-state index contributed by atoms with van der Waals surface area (Å²) in [5.74, 6) is -1.96. The van der Waals surface area contributed by atoms with Gasteiger partial charge < -0.3 is 20.3 Å². The van der Waals surface area contributed by atoms with Gasteiger partial charge in [-0.15, -0.1) is 0 Å². The fourth-order valence-electron chi connectivity index (χ4n) is 2.11. The molecule has 3 N–H and O–H groups in total. The number of nitrogens with one attached hydrogen (secondary N) is 1. The summed E-state index contributed by atoms with van der Waals surface area (Å²) >= 11 is 0. The maximum absolute atomic E-state index is 11.8. The number of ether oxygens (including phenoxy) is 1. The largest absolute Gasteiger partial charge is 0.502 e. The van der Waals surface area contributed by atoms with Gasteiger partial charge in [-0.1, -0.05) is 13.0 Å². The van der Waals surface area contributed by atoms with Crippen LogP contribution in [0.3, 0.4) is 0 Å². The zero-order valence-electron chi connectivity index (χ0n) is 14.5. The molecule has 0 fully saturated rings. The van der Waals surface area contributed by atoms with Gasteiger partial charge in [0.05, 0.1) is 4.92 Å². The Morgan fingerprint density at radius 2 is 1.96 bits per heavy atom. The predicted octanol–water partition coefficient (Wildman–Crippen LogP) is 2.38. The number of carbonyl (C=O) groups is 2. The molecule has 0 saturated carbocycles. The molecule has 0 spiro atoms. The van der Waals surface area contributed by atoms with Crippen molar-refractivity contribution in [3.05, 3.63) is 33.4 Å². The lowest BCUT2D eigenvalue weighted by atomic mass is 10.00. The molecular weight excluding hydrogens is 332 g/mol. The van der Waals surface area contributed by atoms with Crippen LogP contribution >= 0.6 is 0 Å². The van der Waals surface area contributed by atoms with Gasteiger partial charge in [0.1, 0.15) is 11.6 Å². The highest BCUT2D eigenvalue weighted by Gasteiger charge is 2.27. The van der Waals surface area contributed by atoms with Gasteiger partial charge in [0.15, 0.2) is 5.75 Å². The Morgan fingerprint density at radius 3 is 2.40 bits per heavy atom. The smallest absolute Gasteiger partial charge is 0.408 e. The number of nitro benzene ring substituents is 1. The van der Waals surface area contributed by atoms with E-state index in [1.807, 2.05) is 0 Å². The number of carboxylic acid groups (broad SMARTS) is 1. The molecule has 0 aromatic heterocycles. The number of aryl methyl sites for hydroxylation is 1. The first kappa shape index (κ1) is 20.2. The Balaban J connectivity index is 3.10. The van der Waals surface area contributed by atoms with Crippen molar-refractivity contribution in [1.82, 2.24) is 5.32 Å². The molecule has 1 amide bonds. The van der Waals surface area contributed by atoms with E-state index in [0.717, 1.165) is 0 Å². The number of aliphatic carboxylic acids is 1. The van der Waals surface area contributed by atoms with Crippen LogP contribution in [0.2, 0.25) is 0 Å². The quantitative estimate of drug-likeness (QED) is 0.526. The first-order valence-electron chi connectivity index (χ1n) is 7.66. The molecule has 138 valence electrons. The molecule has 1 rings (SSSR count). The summed E-state index contributed by atoms with van der Waals surface area (Å²) in [6.45, 7) is 6.65. The molecule has 9 heteroatoms. The van der Waals surface area contributed by atoms with Crippen molar-refractivity contribution >= 4 is 17.7 Å². The fraction of sp³-hybridized carbons (Fsp3) is 0.500. The van der Waals surface area contributed by atoms with Gasteiger partial charge in [-0.25, -0.2) is 9.59 Å². The Hall–Kier alpha value is -2.84.